The van der Waals surface area contributed by atoms with Crippen molar-refractivity contribution < 1.29 is 14.7 Å². The van der Waals surface area contributed by atoms with Crippen molar-refractivity contribution in [3.8, 4) is 0 Å². The zero-order valence-corrected chi connectivity index (χ0v) is 24.0. The maximum absolute atomic E-state index is 13.9. The van der Waals surface area contributed by atoms with E-state index in [1.807, 2.05) is 34.2 Å². The second-order valence-electron chi connectivity index (χ2n) is 11.7. The molecule has 1 unspecified atom stereocenters. The molecule has 3 aliphatic heterocycles. The molecule has 9 nitrogen and oxygen atoms in total. The van der Waals surface area contributed by atoms with E-state index in [1.54, 1.807) is 6.20 Å². The van der Waals surface area contributed by atoms with Gasteiger partial charge in [-0.15, -0.1) is 5.10 Å². The second kappa shape index (κ2) is 10.4. The maximum Gasteiger partial charge on any atom is 0.304 e. The molecular weight excluding hydrogens is 528 g/mol. The molecule has 1 atom stereocenters. The predicted octanol–water partition coefficient (Wildman–Crippen LogP) is 5.16. The van der Waals surface area contributed by atoms with E-state index >= 15 is 0 Å². The number of nitrogens with zero attached hydrogens (tertiary/aromatic N) is 6. The molecule has 0 saturated carbocycles. The lowest BCUT2D eigenvalue weighted by Gasteiger charge is -2.30. The van der Waals surface area contributed by atoms with Gasteiger partial charge in [-0.05, 0) is 78.1 Å². The molecule has 5 aromatic rings. The van der Waals surface area contributed by atoms with Crippen LogP contribution in [0.2, 0.25) is 0 Å². The van der Waals surface area contributed by atoms with Gasteiger partial charge in [0.2, 0.25) is 0 Å². The minimum atomic E-state index is -0.877. The van der Waals surface area contributed by atoms with Crippen LogP contribution >= 0.6 is 0 Å². The number of aromatic nitrogens is 5. The van der Waals surface area contributed by atoms with Crippen LogP contribution in [0.3, 0.4) is 0 Å². The van der Waals surface area contributed by atoms with Crippen molar-refractivity contribution in [3.63, 3.8) is 0 Å². The molecule has 0 saturated heterocycles. The van der Waals surface area contributed by atoms with Gasteiger partial charge in [0.25, 0.3) is 5.91 Å². The Morgan fingerprint density at radius 3 is 2.76 bits per heavy atom. The number of carboxylic acid groups (broad SMARTS) is 1. The van der Waals surface area contributed by atoms with E-state index in [4.69, 9.17) is 4.98 Å². The van der Waals surface area contributed by atoms with Crippen molar-refractivity contribution >= 4 is 33.9 Å². The summed E-state index contributed by atoms with van der Waals surface area (Å²) in [6.07, 6.45) is 6.44. The number of aliphatic carboxylic acids is 1. The number of benzene rings is 2. The van der Waals surface area contributed by atoms with Crippen molar-refractivity contribution in [2.75, 3.05) is 6.54 Å². The Hall–Kier alpha value is -4.53. The number of rotatable bonds is 2. The van der Waals surface area contributed by atoms with Crippen molar-refractivity contribution in [2.24, 2.45) is 7.05 Å². The van der Waals surface area contributed by atoms with Crippen molar-refractivity contribution in [1.82, 2.24) is 29.4 Å². The molecule has 1 amide bonds. The predicted molar refractivity (Wildman–Crippen MR) is 160 cm³/mol. The first kappa shape index (κ1) is 26.4. The maximum atomic E-state index is 13.9. The van der Waals surface area contributed by atoms with Crippen molar-refractivity contribution in [3.05, 3.63) is 87.7 Å². The van der Waals surface area contributed by atoms with Crippen LogP contribution in [-0.2, 0) is 37.8 Å². The zero-order valence-electron chi connectivity index (χ0n) is 24.0. The van der Waals surface area contributed by atoms with E-state index < -0.39 is 11.9 Å². The van der Waals surface area contributed by atoms with E-state index in [-0.39, 0.29) is 12.3 Å². The average Bonchev–Trinajstić information content (AvgIpc) is 3.56. The highest BCUT2D eigenvalue weighted by atomic mass is 16.4. The number of amides is 1. The summed E-state index contributed by atoms with van der Waals surface area (Å²) < 4.78 is 3.89. The van der Waals surface area contributed by atoms with Crippen LogP contribution in [-0.4, -0.2) is 53.0 Å². The molecule has 2 aromatic carbocycles. The van der Waals surface area contributed by atoms with Gasteiger partial charge < -0.3 is 14.6 Å². The SMILES string of the molecule is Cc1c2cnc3c1nnn3CCCCCc1cccc3c1cc(n3C)C(=O)N1CCc3ccc(cc3C1)C2CC(=O)O. The summed E-state index contributed by atoms with van der Waals surface area (Å²) in [5.74, 6) is -1.25. The summed E-state index contributed by atoms with van der Waals surface area (Å²) >= 11 is 0. The smallest absolute Gasteiger partial charge is 0.304 e. The van der Waals surface area contributed by atoms with E-state index in [0.29, 0.717) is 18.8 Å². The van der Waals surface area contributed by atoms with Gasteiger partial charge >= 0.3 is 5.97 Å². The summed E-state index contributed by atoms with van der Waals surface area (Å²) in [5.41, 5.74) is 9.40. The Balaban J connectivity index is 1.35. The number of hydrogen-bond acceptors (Lipinski definition) is 5. The Morgan fingerprint density at radius 1 is 1.02 bits per heavy atom. The molecule has 3 aromatic heterocycles. The lowest BCUT2D eigenvalue weighted by atomic mass is 9.84. The fraction of sp³-hybridized carbons (Fsp3) is 0.364. The number of carboxylic acids is 1. The lowest BCUT2D eigenvalue weighted by Crippen LogP contribution is -2.36. The molecule has 1 N–H and O–H groups in total. The first-order chi connectivity index (χ1) is 20.4. The van der Waals surface area contributed by atoms with Gasteiger partial charge in [0.1, 0.15) is 11.2 Å². The largest absolute Gasteiger partial charge is 0.481 e. The number of aryl methyl sites for hydroxylation is 4. The van der Waals surface area contributed by atoms with Crippen LogP contribution in [0.25, 0.3) is 22.1 Å². The Morgan fingerprint density at radius 2 is 1.90 bits per heavy atom. The minimum Gasteiger partial charge on any atom is -0.481 e. The van der Waals surface area contributed by atoms with Crippen LogP contribution < -0.4 is 0 Å². The number of hydrogen-bond donors (Lipinski definition) is 1. The van der Waals surface area contributed by atoms with Crippen LogP contribution in [0.1, 0.15) is 75.5 Å². The van der Waals surface area contributed by atoms with Crippen LogP contribution in [0.15, 0.2) is 48.7 Å². The molecule has 0 aliphatic carbocycles. The van der Waals surface area contributed by atoms with Gasteiger partial charge in [0, 0.05) is 49.7 Å². The highest BCUT2D eigenvalue weighted by Crippen LogP contribution is 2.35. The summed E-state index contributed by atoms with van der Waals surface area (Å²) in [6, 6.07) is 14.6. The molecule has 3 aliphatic rings. The minimum absolute atomic E-state index is 0.0246. The molecular formula is C33H34N6O3. The van der Waals surface area contributed by atoms with Gasteiger partial charge in [-0.25, -0.2) is 9.67 Å². The third-order valence-electron chi connectivity index (χ3n) is 9.22. The molecule has 0 fully saturated rings. The van der Waals surface area contributed by atoms with Crippen LogP contribution in [0, 0.1) is 6.92 Å². The Kier molecular flexibility index (Phi) is 6.52. The number of fused-ring (bicyclic) bond motifs is 5. The number of carbonyl (C=O) groups excluding carboxylic acids is 1. The average molecular weight is 563 g/mol. The third kappa shape index (κ3) is 4.44. The molecule has 0 radical (unpaired) electrons. The van der Waals surface area contributed by atoms with Gasteiger partial charge in [-0.2, -0.15) is 0 Å². The van der Waals surface area contributed by atoms with E-state index in [0.717, 1.165) is 83.0 Å². The lowest BCUT2D eigenvalue weighted by molar-refractivity contribution is -0.137. The van der Waals surface area contributed by atoms with E-state index in [1.165, 1.54) is 11.1 Å². The summed E-state index contributed by atoms with van der Waals surface area (Å²) in [7, 11) is 1.98. The van der Waals surface area contributed by atoms with E-state index in [9.17, 15) is 14.7 Å². The highest BCUT2D eigenvalue weighted by Gasteiger charge is 2.28. The summed E-state index contributed by atoms with van der Waals surface area (Å²) in [5, 5.41) is 19.9. The third-order valence-corrected chi connectivity index (χ3v) is 9.22. The molecule has 0 spiro atoms. The number of pyridine rings is 1. The Labute approximate surface area is 243 Å². The van der Waals surface area contributed by atoms with Gasteiger partial charge in [-0.3, -0.25) is 9.59 Å². The molecule has 9 heteroatoms. The van der Waals surface area contributed by atoms with Gasteiger partial charge in [-0.1, -0.05) is 42.0 Å². The quantitative estimate of drug-likeness (QED) is 0.319. The van der Waals surface area contributed by atoms with Crippen molar-refractivity contribution in [2.45, 2.75) is 64.5 Å². The van der Waals surface area contributed by atoms with E-state index in [2.05, 4.69) is 46.7 Å². The van der Waals surface area contributed by atoms with Crippen LogP contribution in [0.5, 0.6) is 0 Å². The molecule has 214 valence electrons. The highest BCUT2D eigenvalue weighted by molar-refractivity contribution is 5.99. The van der Waals surface area contributed by atoms with Gasteiger partial charge in [0.05, 0.1) is 6.42 Å². The van der Waals surface area contributed by atoms with Gasteiger partial charge in [0.15, 0.2) is 5.65 Å². The Bertz CT molecular complexity index is 1870. The monoisotopic (exact) mass is 562 g/mol. The normalized spacial score (nSPS) is 17.5. The van der Waals surface area contributed by atoms with Crippen LogP contribution in [0.4, 0.5) is 0 Å². The molecule has 6 heterocycles. The standard InChI is InChI=1S/C33H34N6O3/c1-20-27-18-34-32-31(20)35-36-39(32)13-5-3-4-7-22-8-6-9-28-26(22)16-29(37(28)2)33(42)38-14-12-21-10-11-23(15-24(21)19-38)25(27)17-30(40)41/h6,8-11,15-16,18,25H,3-5,7,12-14,17,19H2,1-2H3,(H,40,41). The summed E-state index contributed by atoms with van der Waals surface area (Å²) in [6.45, 7) is 3.83. The topological polar surface area (TPSA) is 106 Å². The van der Waals surface area contributed by atoms with Crippen molar-refractivity contribution in [1.29, 1.82) is 0 Å². The fourth-order valence-electron chi connectivity index (χ4n) is 6.85. The summed E-state index contributed by atoms with van der Waals surface area (Å²) in [4.78, 5) is 32.7. The molecule has 42 heavy (non-hydrogen) atoms. The number of carbonyl (C=O) groups is 2. The fourth-order valence-corrected chi connectivity index (χ4v) is 6.85. The molecule has 9 bridgehead atoms. The first-order valence-electron chi connectivity index (χ1n) is 14.8. The molecule has 8 rings (SSSR count). The second-order valence-corrected chi connectivity index (χ2v) is 11.7. The zero-order chi connectivity index (χ0) is 29.0. The first-order valence-corrected chi connectivity index (χ1v) is 14.8.